The molecule has 0 saturated carbocycles. The molecule has 5 nitrogen and oxygen atoms in total. The number of anilines is 1. The van der Waals surface area contributed by atoms with Crippen LogP contribution in [0.2, 0.25) is 0 Å². The van der Waals surface area contributed by atoms with Crippen molar-refractivity contribution in [2.75, 3.05) is 44.8 Å². The molecule has 3 heterocycles. The van der Waals surface area contributed by atoms with Crippen LogP contribution < -0.4 is 14.4 Å². The molecule has 1 fully saturated rings. The number of hydrogen-bond donors (Lipinski definition) is 0. The largest absolute Gasteiger partial charge is 0.493 e. The Kier molecular flexibility index (Phi) is 6.94. The number of rotatable bonds is 7. The number of fused-ring (bicyclic) bond motifs is 1. The minimum Gasteiger partial charge on any atom is -0.493 e. The van der Waals surface area contributed by atoms with E-state index >= 15 is 0 Å². The van der Waals surface area contributed by atoms with Crippen LogP contribution in [0, 0.1) is 0 Å². The van der Waals surface area contributed by atoms with Crippen LogP contribution in [0.1, 0.15) is 33.6 Å². The molecule has 9 heteroatoms. The second kappa shape index (κ2) is 10.1. The van der Waals surface area contributed by atoms with Crippen LogP contribution in [0.4, 0.5) is 18.9 Å². The van der Waals surface area contributed by atoms with E-state index in [1.165, 1.54) is 36.3 Å². The highest BCUT2D eigenvalue weighted by Gasteiger charge is 2.31. The van der Waals surface area contributed by atoms with Gasteiger partial charge in [0, 0.05) is 29.7 Å². The van der Waals surface area contributed by atoms with Crippen LogP contribution in [0.5, 0.6) is 11.5 Å². The third-order valence-corrected chi connectivity index (χ3v) is 7.89. The van der Waals surface area contributed by atoms with Crippen LogP contribution in [-0.4, -0.2) is 50.7 Å². The smallest absolute Gasteiger partial charge is 0.416 e. The van der Waals surface area contributed by atoms with Gasteiger partial charge >= 0.3 is 6.18 Å². The molecule has 2 aliphatic rings. The van der Waals surface area contributed by atoms with Gasteiger partial charge in [-0.25, -0.2) is 0 Å². The van der Waals surface area contributed by atoms with Gasteiger partial charge in [0.15, 0.2) is 11.5 Å². The van der Waals surface area contributed by atoms with Gasteiger partial charge in [-0.1, -0.05) is 12.1 Å². The molecule has 0 unspecified atom stereocenters. The van der Waals surface area contributed by atoms with Crippen molar-refractivity contribution in [1.82, 2.24) is 4.90 Å². The van der Waals surface area contributed by atoms with Crippen molar-refractivity contribution in [3.63, 3.8) is 0 Å². The van der Waals surface area contributed by atoms with E-state index < -0.39 is 11.7 Å². The SMILES string of the molecule is COc1cc(N2CCc3cc(-c4ccc(C(F)(F)F)cc4)sc3C2=O)ccc1OCCN1CCCC1. The van der Waals surface area contributed by atoms with Crippen LogP contribution in [0.25, 0.3) is 10.4 Å². The Balaban J connectivity index is 1.30. The number of halogens is 3. The normalized spacial score (nSPS) is 16.3. The van der Waals surface area contributed by atoms with Gasteiger partial charge in [-0.2, -0.15) is 13.2 Å². The van der Waals surface area contributed by atoms with Crippen LogP contribution in [0.3, 0.4) is 0 Å². The summed E-state index contributed by atoms with van der Waals surface area (Å²) in [5.74, 6) is 1.10. The lowest BCUT2D eigenvalue weighted by molar-refractivity contribution is -0.137. The summed E-state index contributed by atoms with van der Waals surface area (Å²) in [5, 5.41) is 0. The molecule has 1 aromatic heterocycles. The summed E-state index contributed by atoms with van der Waals surface area (Å²) in [6.45, 7) is 4.18. The van der Waals surface area contributed by atoms with E-state index in [0.29, 0.717) is 41.5 Å². The summed E-state index contributed by atoms with van der Waals surface area (Å²) >= 11 is 1.31. The first-order valence-electron chi connectivity index (χ1n) is 12.0. The van der Waals surface area contributed by atoms with Gasteiger partial charge in [0.2, 0.25) is 0 Å². The van der Waals surface area contributed by atoms with Gasteiger partial charge in [0.25, 0.3) is 5.91 Å². The molecule has 5 rings (SSSR count). The molecule has 0 atom stereocenters. The summed E-state index contributed by atoms with van der Waals surface area (Å²) in [7, 11) is 1.58. The lowest BCUT2D eigenvalue weighted by atomic mass is 10.0. The molecule has 1 amide bonds. The molecule has 190 valence electrons. The molecular weight excluding hydrogens is 489 g/mol. The molecule has 3 aromatic rings. The second-order valence-corrected chi connectivity index (χ2v) is 10.0. The fraction of sp³-hybridized carbons (Fsp3) is 0.370. The maximum absolute atomic E-state index is 13.4. The molecule has 0 radical (unpaired) electrons. The Hall–Kier alpha value is -3.04. The number of benzene rings is 2. The predicted molar refractivity (Wildman–Crippen MR) is 134 cm³/mol. The Labute approximate surface area is 212 Å². The summed E-state index contributed by atoms with van der Waals surface area (Å²) in [6, 6.07) is 12.5. The summed E-state index contributed by atoms with van der Waals surface area (Å²) < 4.78 is 50.2. The fourth-order valence-corrected chi connectivity index (χ4v) is 5.86. The van der Waals surface area contributed by atoms with Gasteiger partial charge in [0.1, 0.15) is 6.61 Å². The van der Waals surface area contributed by atoms with E-state index in [2.05, 4.69) is 4.90 Å². The zero-order chi connectivity index (χ0) is 25.3. The lowest BCUT2D eigenvalue weighted by Gasteiger charge is -2.27. The number of alkyl halides is 3. The molecule has 36 heavy (non-hydrogen) atoms. The average Bonchev–Trinajstić information content (AvgIpc) is 3.55. The molecular formula is C27H27F3N2O3S. The molecule has 0 N–H and O–H groups in total. The number of amides is 1. The number of ether oxygens (including phenoxy) is 2. The summed E-state index contributed by atoms with van der Waals surface area (Å²) in [5.41, 5.74) is 1.62. The fourth-order valence-electron chi connectivity index (χ4n) is 4.70. The first-order chi connectivity index (χ1) is 17.3. The number of thiophene rings is 1. The molecule has 2 aromatic carbocycles. The minimum absolute atomic E-state index is 0.121. The van der Waals surface area contributed by atoms with Gasteiger partial charge < -0.3 is 14.4 Å². The predicted octanol–water partition coefficient (Wildman–Crippen LogP) is 6.12. The Morgan fingerprint density at radius 2 is 1.72 bits per heavy atom. The topological polar surface area (TPSA) is 42.0 Å². The first kappa shape index (κ1) is 24.6. The first-order valence-corrected chi connectivity index (χ1v) is 12.8. The van der Waals surface area contributed by atoms with E-state index in [4.69, 9.17) is 9.47 Å². The maximum atomic E-state index is 13.4. The van der Waals surface area contributed by atoms with Gasteiger partial charge in [-0.15, -0.1) is 11.3 Å². The summed E-state index contributed by atoms with van der Waals surface area (Å²) in [6.07, 6.45) is -1.24. The highest BCUT2D eigenvalue weighted by Crippen LogP contribution is 2.39. The molecule has 0 aliphatic carbocycles. The molecule has 0 spiro atoms. The number of carbonyl (C=O) groups is 1. The molecule has 0 bridgehead atoms. The highest BCUT2D eigenvalue weighted by molar-refractivity contribution is 7.17. The van der Waals surface area contributed by atoms with Gasteiger partial charge in [0.05, 0.1) is 17.6 Å². The Morgan fingerprint density at radius 3 is 2.42 bits per heavy atom. The van der Waals surface area contributed by atoms with Crippen LogP contribution in [0.15, 0.2) is 48.5 Å². The van der Waals surface area contributed by atoms with Gasteiger partial charge in [-0.05, 0) is 73.8 Å². The second-order valence-electron chi connectivity index (χ2n) is 8.98. The number of hydrogen-bond acceptors (Lipinski definition) is 5. The van der Waals surface area contributed by atoms with E-state index in [1.807, 2.05) is 24.3 Å². The van der Waals surface area contributed by atoms with Crippen molar-refractivity contribution in [2.45, 2.75) is 25.4 Å². The van der Waals surface area contributed by atoms with Gasteiger partial charge in [-0.3, -0.25) is 9.69 Å². The highest BCUT2D eigenvalue weighted by atomic mass is 32.1. The van der Waals surface area contributed by atoms with Crippen molar-refractivity contribution >= 4 is 22.9 Å². The van der Waals surface area contributed by atoms with E-state index in [0.717, 1.165) is 47.9 Å². The average molecular weight is 517 g/mol. The third-order valence-electron chi connectivity index (χ3n) is 6.67. The van der Waals surface area contributed by atoms with E-state index in [1.54, 1.807) is 12.0 Å². The standard InChI is InChI=1S/C27H27F3N2O3S/c1-34-23-17-21(8-9-22(23)35-15-14-31-11-2-3-12-31)32-13-10-19-16-24(36-25(19)26(32)33)18-4-6-20(7-5-18)27(28,29)30/h4-9,16-17H,2-3,10-15H2,1H3. The van der Waals surface area contributed by atoms with E-state index in [9.17, 15) is 18.0 Å². The van der Waals surface area contributed by atoms with Crippen molar-refractivity contribution in [3.8, 4) is 21.9 Å². The zero-order valence-electron chi connectivity index (χ0n) is 19.9. The van der Waals surface area contributed by atoms with Crippen LogP contribution >= 0.6 is 11.3 Å². The monoisotopic (exact) mass is 516 g/mol. The van der Waals surface area contributed by atoms with Crippen molar-refractivity contribution < 1.29 is 27.4 Å². The zero-order valence-corrected chi connectivity index (χ0v) is 20.8. The third kappa shape index (κ3) is 5.08. The lowest BCUT2D eigenvalue weighted by Crippen LogP contribution is -2.36. The number of likely N-dealkylation sites (tertiary alicyclic amines) is 1. The maximum Gasteiger partial charge on any atom is 0.416 e. The van der Waals surface area contributed by atoms with Crippen molar-refractivity contribution in [3.05, 3.63) is 64.5 Å². The summed E-state index contributed by atoms with van der Waals surface area (Å²) in [4.78, 5) is 18.8. The molecule has 2 aliphatic heterocycles. The quantitative estimate of drug-likeness (QED) is 0.380. The number of methoxy groups -OCH3 is 1. The van der Waals surface area contributed by atoms with Crippen LogP contribution in [-0.2, 0) is 12.6 Å². The van der Waals surface area contributed by atoms with Crippen molar-refractivity contribution in [2.24, 2.45) is 0 Å². The number of nitrogens with zero attached hydrogens (tertiary/aromatic N) is 2. The van der Waals surface area contributed by atoms with Crippen molar-refractivity contribution in [1.29, 1.82) is 0 Å². The molecule has 1 saturated heterocycles. The Bertz CT molecular complexity index is 1230. The number of carbonyl (C=O) groups excluding carboxylic acids is 1. The Morgan fingerprint density at radius 1 is 0.972 bits per heavy atom. The van der Waals surface area contributed by atoms with E-state index in [-0.39, 0.29) is 5.91 Å². The minimum atomic E-state index is -4.38.